The Bertz CT molecular complexity index is 620. The van der Waals surface area contributed by atoms with E-state index >= 15 is 0 Å². The maximum atomic E-state index is 13.3. The van der Waals surface area contributed by atoms with Gasteiger partial charge in [-0.05, 0) is 30.5 Å². The van der Waals surface area contributed by atoms with Crippen molar-refractivity contribution >= 4 is 23.6 Å². The third-order valence-corrected chi connectivity index (χ3v) is 5.26. The fourth-order valence-electron chi connectivity index (χ4n) is 2.97. The highest BCUT2D eigenvalue weighted by Crippen LogP contribution is 2.25. The summed E-state index contributed by atoms with van der Waals surface area (Å²) in [4.78, 5) is 28.4. The van der Waals surface area contributed by atoms with E-state index in [-0.39, 0.29) is 18.2 Å². The molecule has 1 atom stereocenters. The minimum absolute atomic E-state index is 0.00568. The summed E-state index contributed by atoms with van der Waals surface area (Å²) >= 11 is 1.55. The van der Waals surface area contributed by atoms with Crippen LogP contribution in [0.25, 0.3) is 0 Å². The maximum absolute atomic E-state index is 13.3. The first kappa shape index (κ1) is 16.2. The Labute approximate surface area is 137 Å². The van der Waals surface area contributed by atoms with Gasteiger partial charge in [0, 0.05) is 18.8 Å². The van der Waals surface area contributed by atoms with Gasteiger partial charge in [-0.1, -0.05) is 6.07 Å². The lowest BCUT2D eigenvalue weighted by Crippen LogP contribution is -2.48. The molecule has 2 aliphatic heterocycles. The van der Waals surface area contributed by atoms with Crippen molar-refractivity contribution in [2.45, 2.75) is 25.3 Å². The Morgan fingerprint density at radius 1 is 1.17 bits per heavy atom. The van der Waals surface area contributed by atoms with E-state index in [1.807, 2.05) is 4.90 Å². The largest absolute Gasteiger partial charge is 0.341 e. The smallest absolute Gasteiger partial charge is 0.246 e. The molecule has 0 radical (unpaired) electrons. The Hall–Kier alpha value is -1.63. The standard InChI is InChI=1S/C16H18F2N2O2S/c17-12-4-3-11(7-13(12)18)8-15(21)20-10-23-9-14(20)16(22)19-5-1-2-6-19/h3-4,7,14H,1-2,5-6,8-10H2/t14-/m0/s1. The Balaban J connectivity index is 1.67. The van der Waals surface area contributed by atoms with Gasteiger partial charge in [-0.3, -0.25) is 9.59 Å². The molecule has 2 heterocycles. The number of carbonyl (C=O) groups is 2. The predicted octanol–water partition coefficient (Wildman–Crippen LogP) is 2.03. The minimum Gasteiger partial charge on any atom is -0.341 e. The van der Waals surface area contributed by atoms with E-state index in [1.165, 1.54) is 6.07 Å². The molecule has 0 aromatic heterocycles. The molecule has 0 aliphatic carbocycles. The van der Waals surface area contributed by atoms with Crippen LogP contribution >= 0.6 is 11.8 Å². The molecule has 0 N–H and O–H groups in total. The highest BCUT2D eigenvalue weighted by Gasteiger charge is 2.37. The van der Waals surface area contributed by atoms with Crippen LogP contribution in [0, 0.1) is 11.6 Å². The van der Waals surface area contributed by atoms with Crippen molar-refractivity contribution in [1.29, 1.82) is 0 Å². The molecule has 4 nitrogen and oxygen atoms in total. The van der Waals surface area contributed by atoms with E-state index in [2.05, 4.69) is 0 Å². The molecule has 0 unspecified atom stereocenters. The quantitative estimate of drug-likeness (QED) is 0.845. The lowest BCUT2D eigenvalue weighted by molar-refractivity contribution is -0.142. The lowest BCUT2D eigenvalue weighted by Gasteiger charge is -2.27. The van der Waals surface area contributed by atoms with E-state index in [9.17, 15) is 18.4 Å². The summed E-state index contributed by atoms with van der Waals surface area (Å²) in [5.74, 6) is -1.05. The molecule has 3 rings (SSSR count). The van der Waals surface area contributed by atoms with E-state index < -0.39 is 17.7 Å². The fraction of sp³-hybridized carbons (Fsp3) is 0.500. The van der Waals surface area contributed by atoms with Crippen molar-refractivity contribution in [3.63, 3.8) is 0 Å². The number of hydrogen-bond acceptors (Lipinski definition) is 3. The van der Waals surface area contributed by atoms with Crippen LogP contribution < -0.4 is 0 Å². The molecule has 7 heteroatoms. The molecule has 0 saturated carbocycles. The molecule has 2 saturated heterocycles. The van der Waals surface area contributed by atoms with Gasteiger partial charge in [-0.25, -0.2) is 8.78 Å². The molecular formula is C16H18F2N2O2S. The summed E-state index contributed by atoms with van der Waals surface area (Å²) in [6, 6.07) is 3.02. The summed E-state index contributed by atoms with van der Waals surface area (Å²) in [5, 5.41) is 0. The summed E-state index contributed by atoms with van der Waals surface area (Å²) in [6.45, 7) is 1.51. The van der Waals surface area contributed by atoms with Crippen LogP contribution in [-0.4, -0.2) is 52.4 Å². The third-order valence-electron chi connectivity index (χ3n) is 4.24. The van der Waals surface area contributed by atoms with Gasteiger partial charge in [0.25, 0.3) is 0 Å². The van der Waals surface area contributed by atoms with Crippen molar-refractivity contribution in [3.05, 3.63) is 35.4 Å². The number of rotatable bonds is 3. The highest BCUT2D eigenvalue weighted by atomic mass is 32.2. The zero-order valence-corrected chi connectivity index (χ0v) is 13.5. The zero-order valence-electron chi connectivity index (χ0n) is 12.6. The molecule has 1 aromatic rings. The average Bonchev–Trinajstić information content (AvgIpc) is 3.21. The predicted molar refractivity (Wildman–Crippen MR) is 83.8 cm³/mol. The number of likely N-dealkylation sites (tertiary alicyclic amines) is 1. The van der Waals surface area contributed by atoms with Gasteiger partial charge in [0.15, 0.2) is 11.6 Å². The monoisotopic (exact) mass is 340 g/mol. The van der Waals surface area contributed by atoms with Gasteiger partial charge < -0.3 is 9.80 Å². The first-order chi connectivity index (χ1) is 11.1. The highest BCUT2D eigenvalue weighted by molar-refractivity contribution is 7.99. The molecule has 1 aromatic carbocycles. The number of hydrogen-bond donors (Lipinski definition) is 0. The van der Waals surface area contributed by atoms with E-state index in [0.717, 1.165) is 38.1 Å². The zero-order chi connectivity index (χ0) is 16.4. The second-order valence-corrected chi connectivity index (χ2v) is 6.84. The number of carbonyl (C=O) groups excluding carboxylic acids is 2. The average molecular weight is 340 g/mol. The number of amides is 2. The normalized spacial score (nSPS) is 21.0. The second kappa shape index (κ2) is 6.86. The molecule has 0 spiro atoms. The van der Waals surface area contributed by atoms with Crippen LogP contribution in [0.5, 0.6) is 0 Å². The Kier molecular flexibility index (Phi) is 4.84. The number of benzene rings is 1. The Morgan fingerprint density at radius 3 is 2.61 bits per heavy atom. The summed E-state index contributed by atoms with van der Waals surface area (Å²) in [5.41, 5.74) is 0.415. The Morgan fingerprint density at radius 2 is 1.91 bits per heavy atom. The molecule has 2 fully saturated rings. The lowest BCUT2D eigenvalue weighted by atomic mass is 10.1. The number of nitrogens with zero attached hydrogens (tertiary/aromatic N) is 2. The van der Waals surface area contributed by atoms with Gasteiger partial charge in [0.1, 0.15) is 6.04 Å². The van der Waals surface area contributed by atoms with Crippen molar-refractivity contribution < 1.29 is 18.4 Å². The SMILES string of the molecule is O=C([C@@H]1CSCN1C(=O)Cc1ccc(F)c(F)c1)N1CCCC1. The second-order valence-electron chi connectivity index (χ2n) is 5.84. The van der Waals surface area contributed by atoms with Crippen molar-refractivity contribution in [3.8, 4) is 0 Å². The van der Waals surface area contributed by atoms with E-state index in [1.54, 1.807) is 16.7 Å². The maximum Gasteiger partial charge on any atom is 0.246 e. The van der Waals surface area contributed by atoms with Gasteiger partial charge in [-0.2, -0.15) is 0 Å². The van der Waals surface area contributed by atoms with E-state index in [4.69, 9.17) is 0 Å². The minimum atomic E-state index is -0.962. The number of halogens is 2. The topological polar surface area (TPSA) is 40.6 Å². The molecule has 2 aliphatic rings. The van der Waals surface area contributed by atoms with Crippen LogP contribution in [0.3, 0.4) is 0 Å². The van der Waals surface area contributed by atoms with Gasteiger partial charge in [0.2, 0.25) is 11.8 Å². The van der Waals surface area contributed by atoms with Gasteiger partial charge in [-0.15, -0.1) is 11.8 Å². The van der Waals surface area contributed by atoms with Crippen molar-refractivity contribution in [2.75, 3.05) is 24.7 Å². The van der Waals surface area contributed by atoms with E-state index in [0.29, 0.717) is 17.2 Å². The van der Waals surface area contributed by atoms with Crippen LogP contribution in [0.15, 0.2) is 18.2 Å². The van der Waals surface area contributed by atoms with Crippen LogP contribution in [-0.2, 0) is 16.0 Å². The molecular weight excluding hydrogens is 322 g/mol. The van der Waals surface area contributed by atoms with Crippen molar-refractivity contribution in [1.82, 2.24) is 9.80 Å². The summed E-state index contributed by atoms with van der Waals surface area (Å²) < 4.78 is 26.2. The van der Waals surface area contributed by atoms with Gasteiger partial charge >= 0.3 is 0 Å². The molecule has 23 heavy (non-hydrogen) atoms. The molecule has 0 bridgehead atoms. The molecule has 124 valence electrons. The molecule has 2 amide bonds. The summed E-state index contributed by atoms with van der Waals surface area (Å²) in [6.07, 6.45) is 1.99. The van der Waals surface area contributed by atoms with Gasteiger partial charge in [0.05, 0.1) is 12.3 Å². The van der Waals surface area contributed by atoms with Crippen LogP contribution in [0.4, 0.5) is 8.78 Å². The summed E-state index contributed by atoms with van der Waals surface area (Å²) in [7, 11) is 0. The first-order valence-corrected chi connectivity index (χ1v) is 8.81. The number of thioether (sulfide) groups is 1. The van der Waals surface area contributed by atoms with Crippen LogP contribution in [0.1, 0.15) is 18.4 Å². The fourth-order valence-corrected chi connectivity index (χ4v) is 4.14. The first-order valence-electron chi connectivity index (χ1n) is 7.66. The third kappa shape index (κ3) is 3.49. The van der Waals surface area contributed by atoms with Crippen LogP contribution in [0.2, 0.25) is 0 Å². The van der Waals surface area contributed by atoms with Crippen molar-refractivity contribution in [2.24, 2.45) is 0 Å².